The van der Waals surface area contributed by atoms with Crippen LogP contribution >= 0.6 is 0 Å². The van der Waals surface area contributed by atoms with Crippen LogP contribution in [0.1, 0.15) is 96.8 Å². The van der Waals surface area contributed by atoms with E-state index in [1.54, 1.807) is 0 Å². The molecule has 0 aliphatic carbocycles. The summed E-state index contributed by atoms with van der Waals surface area (Å²) in [4.78, 5) is 11.5. The molecule has 5 nitrogen and oxygen atoms in total. The maximum atomic E-state index is 11.5. The number of rotatable bonds is 18. The molecule has 27 heavy (non-hydrogen) atoms. The van der Waals surface area contributed by atoms with Gasteiger partial charge in [-0.15, -0.1) is 0 Å². The van der Waals surface area contributed by atoms with Crippen LogP contribution in [0.25, 0.3) is 0 Å². The van der Waals surface area contributed by atoms with Gasteiger partial charge in [0.15, 0.2) is 0 Å². The third-order valence-electron chi connectivity index (χ3n) is 4.28. The molecule has 0 aromatic rings. The van der Waals surface area contributed by atoms with E-state index in [1.807, 2.05) is 0 Å². The Morgan fingerprint density at radius 2 is 1.33 bits per heavy atom. The third kappa shape index (κ3) is 19.4. The second-order valence-electron chi connectivity index (χ2n) is 6.77. The Balaban J connectivity index is 0. The molecule has 0 bridgehead atoms. The summed E-state index contributed by atoms with van der Waals surface area (Å²) in [5.41, 5.74) is 5.17. The number of nitrogens with two attached hydrogens (primary N) is 1. The van der Waals surface area contributed by atoms with Crippen LogP contribution in [0.5, 0.6) is 0 Å². The topological polar surface area (TPSA) is 86.5 Å². The summed E-state index contributed by atoms with van der Waals surface area (Å²) < 4.78 is 27.4. The van der Waals surface area contributed by atoms with Crippen LogP contribution in [0, 0.1) is 0 Å². The average Bonchev–Trinajstić information content (AvgIpc) is 2.63. The van der Waals surface area contributed by atoms with Crippen molar-refractivity contribution in [1.29, 1.82) is 0 Å². The van der Waals surface area contributed by atoms with Crippen molar-refractivity contribution in [3.8, 4) is 0 Å². The molecular weight excluding hydrogens is 373 g/mol. The molecule has 0 atom stereocenters. The monoisotopic (exact) mass is 413 g/mol. The van der Waals surface area contributed by atoms with Gasteiger partial charge in [0.25, 0.3) is 5.12 Å². The van der Waals surface area contributed by atoms with Crippen molar-refractivity contribution in [2.24, 2.45) is 5.73 Å². The van der Waals surface area contributed by atoms with Gasteiger partial charge in [0.1, 0.15) is 0 Å². The number of unbranched alkanes of at least 4 members (excludes halogenated alkanes) is 11. The average molecular weight is 414 g/mol. The first-order valence-corrected chi connectivity index (χ1v) is 11.7. The maximum absolute atomic E-state index is 11.5. The van der Waals surface area contributed by atoms with Crippen LogP contribution in [0.3, 0.4) is 0 Å². The van der Waals surface area contributed by atoms with Gasteiger partial charge in [-0.25, -0.2) is 0 Å². The van der Waals surface area contributed by atoms with Gasteiger partial charge >= 0.3 is 39.7 Å². The zero-order chi connectivity index (χ0) is 19.5. The first-order chi connectivity index (χ1) is 12.5. The van der Waals surface area contributed by atoms with E-state index >= 15 is 0 Å². The fourth-order valence-electron chi connectivity index (χ4n) is 2.69. The van der Waals surface area contributed by atoms with Gasteiger partial charge in [-0.05, 0) is 32.1 Å². The van der Waals surface area contributed by atoms with Crippen LogP contribution in [0.4, 0.5) is 0 Å². The SMILES string of the molecule is CCCCCCCC/C=C\CCCCCCCC(=O)S(=O)(=O)OCCN.[NaH]. The summed E-state index contributed by atoms with van der Waals surface area (Å²) in [6.45, 7) is 2.19. The Labute approximate surface area is 189 Å². The van der Waals surface area contributed by atoms with E-state index in [4.69, 9.17) is 5.73 Å². The van der Waals surface area contributed by atoms with Crippen LogP contribution < -0.4 is 5.73 Å². The van der Waals surface area contributed by atoms with Gasteiger partial charge in [0, 0.05) is 13.0 Å². The minimum absolute atomic E-state index is 0. The van der Waals surface area contributed by atoms with Crippen molar-refractivity contribution in [1.82, 2.24) is 0 Å². The summed E-state index contributed by atoms with van der Waals surface area (Å²) in [6, 6.07) is 0. The van der Waals surface area contributed by atoms with Gasteiger partial charge in [-0.1, -0.05) is 70.4 Å². The molecule has 0 saturated heterocycles. The fourth-order valence-corrected chi connectivity index (χ4v) is 3.53. The minimum atomic E-state index is -4.07. The van der Waals surface area contributed by atoms with Gasteiger partial charge in [0.05, 0.1) is 6.61 Å². The third-order valence-corrected chi connectivity index (χ3v) is 5.52. The molecule has 7 heteroatoms. The molecule has 2 N–H and O–H groups in total. The second-order valence-corrected chi connectivity index (χ2v) is 8.37. The number of carbonyl (C=O) groups excluding carboxylic acids is 1. The first-order valence-electron chi connectivity index (χ1n) is 10.3. The Morgan fingerprint density at radius 1 is 0.852 bits per heavy atom. The molecule has 0 rings (SSSR count). The summed E-state index contributed by atoms with van der Waals surface area (Å²) >= 11 is 0. The molecule has 0 aromatic carbocycles. The summed E-state index contributed by atoms with van der Waals surface area (Å²) in [5.74, 6) is 0. The van der Waals surface area contributed by atoms with Crippen molar-refractivity contribution in [2.45, 2.75) is 96.8 Å². The van der Waals surface area contributed by atoms with Gasteiger partial charge < -0.3 is 5.73 Å². The molecule has 0 radical (unpaired) electrons. The van der Waals surface area contributed by atoms with E-state index in [9.17, 15) is 13.2 Å². The molecule has 0 aliphatic rings. The molecule has 0 aliphatic heterocycles. The van der Waals surface area contributed by atoms with E-state index in [-0.39, 0.29) is 49.1 Å². The Morgan fingerprint density at radius 3 is 1.85 bits per heavy atom. The molecule has 0 saturated carbocycles. The number of hydrogen-bond acceptors (Lipinski definition) is 5. The Hall–Kier alpha value is 0.280. The number of carbonyl (C=O) groups is 1. The van der Waals surface area contributed by atoms with E-state index in [0.29, 0.717) is 6.42 Å². The molecule has 0 unspecified atom stereocenters. The van der Waals surface area contributed by atoms with Crippen molar-refractivity contribution in [3.63, 3.8) is 0 Å². The van der Waals surface area contributed by atoms with Crippen LogP contribution in [-0.4, -0.2) is 56.2 Å². The second kappa shape index (κ2) is 21.0. The quantitative estimate of drug-likeness (QED) is 0.157. The summed E-state index contributed by atoms with van der Waals surface area (Å²) in [6.07, 6.45) is 19.7. The van der Waals surface area contributed by atoms with Gasteiger partial charge in [-0.2, -0.15) is 8.42 Å². The first kappa shape index (κ1) is 29.5. The van der Waals surface area contributed by atoms with Crippen molar-refractivity contribution < 1.29 is 17.4 Å². The van der Waals surface area contributed by atoms with Crippen molar-refractivity contribution in [3.05, 3.63) is 12.2 Å². The molecular formula is C20H40NNaO4S. The van der Waals surface area contributed by atoms with Gasteiger partial charge in [-0.3, -0.25) is 8.98 Å². The molecule has 156 valence electrons. The van der Waals surface area contributed by atoms with Crippen molar-refractivity contribution >= 4 is 44.8 Å². The van der Waals surface area contributed by atoms with E-state index < -0.39 is 15.2 Å². The van der Waals surface area contributed by atoms with Crippen LogP contribution in [-0.2, 0) is 19.1 Å². The molecule has 0 fully saturated rings. The molecule has 0 aromatic heterocycles. The fraction of sp³-hybridized carbons (Fsp3) is 0.850. The zero-order valence-corrected chi connectivity index (χ0v) is 17.4. The molecule has 0 spiro atoms. The molecule has 0 heterocycles. The predicted octanol–water partition coefficient (Wildman–Crippen LogP) is 4.21. The van der Waals surface area contributed by atoms with E-state index in [2.05, 4.69) is 23.3 Å². The standard InChI is InChI=1S/C20H39NO4S.Na.H/c1-2-3-4-5-6-7-8-9-10-11-12-13-14-15-16-17-20(22)26(23,24)25-19-18-21;;/h9-10H,2-8,11-19,21H2,1H3;;/b10-9-;;. The normalized spacial score (nSPS) is 11.6. The Bertz CT molecular complexity index is 467. The zero-order valence-electron chi connectivity index (χ0n) is 16.6. The summed E-state index contributed by atoms with van der Waals surface area (Å²) in [5, 5.41) is -0.830. The molecule has 0 amide bonds. The van der Waals surface area contributed by atoms with E-state index in [0.717, 1.165) is 32.1 Å². The predicted molar refractivity (Wildman–Crippen MR) is 116 cm³/mol. The van der Waals surface area contributed by atoms with Crippen molar-refractivity contribution in [2.75, 3.05) is 13.2 Å². The van der Waals surface area contributed by atoms with Crippen LogP contribution in [0.2, 0.25) is 0 Å². The summed E-state index contributed by atoms with van der Waals surface area (Å²) in [7, 11) is -4.07. The van der Waals surface area contributed by atoms with Crippen LogP contribution in [0.15, 0.2) is 12.2 Å². The van der Waals surface area contributed by atoms with E-state index in [1.165, 1.54) is 44.9 Å². The Kier molecular flexibility index (Phi) is 22.9. The number of allylic oxidation sites excluding steroid dienone is 2. The number of hydrogen-bond donors (Lipinski definition) is 1. The van der Waals surface area contributed by atoms with Gasteiger partial charge in [0.2, 0.25) is 0 Å².